The number of methoxy groups -OCH3 is 1. The summed E-state index contributed by atoms with van der Waals surface area (Å²) in [6.07, 6.45) is 0.713. The normalized spacial score (nSPS) is 12.0. The van der Waals surface area contributed by atoms with Gasteiger partial charge in [-0.1, -0.05) is 30.3 Å². The molecule has 0 saturated carbocycles. The summed E-state index contributed by atoms with van der Waals surface area (Å²) in [7, 11) is 1.51. The number of ether oxygens (including phenoxy) is 4. The van der Waals surface area contributed by atoms with Crippen LogP contribution in [0.5, 0.6) is 23.0 Å². The molecule has 3 rings (SSSR count). The number of fused-ring (bicyclic) bond motifs is 1. The van der Waals surface area contributed by atoms with Gasteiger partial charge in [-0.25, -0.2) is 0 Å². The predicted molar refractivity (Wildman–Crippen MR) is 75.3 cm³/mol. The molecule has 0 bridgehead atoms. The highest BCUT2D eigenvalue weighted by molar-refractivity contribution is 5.84. The minimum absolute atomic E-state index is 0.0791. The van der Waals surface area contributed by atoms with Crippen molar-refractivity contribution in [3.8, 4) is 23.0 Å². The monoisotopic (exact) mass is 286 g/mol. The number of rotatable bonds is 5. The molecule has 5 heteroatoms. The van der Waals surface area contributed by atoms with Crippen molar-refractivity contribution in [2.24, 2.45) is 0 Å². The Balaban J connectivity index is 1.94. The standard InChI is InChI=1S/C16H14O5/c1-18-13-7-12(8-17)14(16-15(13)20-10-21-16)19-9-11-5-3-2-4-6-11/h2-8H,9-10H2,1H3. The average Bonchev–Trinajstić information content (AvgIpc) is 3.02. The minimum Gasteiger partial charge on any atom is -0.493 e. The van der Waals surface area contributed by atoms with E-state index in [1.807, 2.05) is 30.3 Å². The zero-order valence-electron chi connectivity index (χ0n) is 11.5. The largest absolute Gasteiger partial charge is 0.493 e. The van der Waals surface area contributed by atoms with E-state index in [1.54, 1.807) is 6.07 Å². The number of carbonyl (C=O) groups excluding carboxylic acids is 1. The quantitative estimate of drug-likeness (QED) is 0.791. The lowest BCUT2D eigenvalue weighted by Crippen LogP contribution is -2.00. The Labute approximate surface area is 122 Å². The number of hydrogen-bond acceptors (Lipinski definition) is 5. The molecule has 2 aromatic carbocycles. The van der Waals surface area contributed by atoms with Crippen molar-refractivity contribution in [2.75, 3.05) is 13.9 Å². The summed E-state index contributed by atoms with van der Waals surface area (Å²) >= 11 is 0. The molecular formula is C16H14O5. The minimum atomic E-state index is 0.0791. The van der Waals surface area contributed by atoms with Crippen LogP contribution in [-0.2, 0) is 6.61 Å². The number of carbonyl (C=O) groups is 1. The first-order chi connectivity index (χ1) is 10.3. The molecule has 21 heavy (non-hydrogen) atoms. The van der Waals surface area contributed by atoms with Crippen LogP contribution in [0.1, 0.15) is 15.9 Å². The van der Waals surface area contributed by atoms with Crippen molar-refractivity contribution in [3.63, 3.8) is 0 Å². The van der Waals surface area contributed by atoms with E-state index in [4.69, 9.17) is 18.9 Å². The van der Waals surface area contributed by atoms with Crippen LogP contribution in [0.3, 0.4) is 0 Å². The lowest BCUT2D eigenvalue weighted by Gasteiger charge is -2.13. The molecular weight excluding hydrogens is 272 g/mol. The van der Waals surface area contributed by atoms with Crippen molar-refractivity contribution in [1.29, 1.82) is 0 Å². The Morgan fingerprint density at radius 3 is 2.67 bits per heavy atom. The Morgan fingerprint density at radius 1 is 1.19 bits per heavy atom. The van der Waals surface area contributed by atoms with E-state index in [2.05, 4.69) is 0 Å². The first-order valence-corrected chi connectivity index (χ1v) is 6.46. The van der Waals surface area contributed by atoms with Gasteiger partial charge in [-0.05, 0) is 11.6 Å². The van der Waals surface area contributed by atoms with Crippen molar-refractivity contribution in [3.05, 3.63) is 47.5 Å². The van der Waals surface area contributed by atoms with Crippen LogP contribution in [0.2, 0.25) is 0 Å². The topological polar surface area (TPSA) is 54.0 Å². The molecule has 0 saturated heterocycles. The van der Waals surface area contributed by atoms with Crippen LogP contribution in [0.15, 0.2) is 36.4 Å². The number of hydrogen-bond donors (Lipinski definition) is 0. The van der Waals surface area contributed by atoms with Gasteiger partial charge in [-0.2, -0.15) is 0 Å². The molecule has 0 radical (unpaired) electrons. The Bertz CT molecular complexity index is 651. The molecule has 2 aromatic rings. The summed E-state index contributed by atoms with van der Waals surface area (Å²) in [4.78, 5) is 11.3. The van der Waals surface area contributed by atoms with Crippen molar-refractivity contribution >= 4 is 6.29 Å². The highest BCUT2D eigenvalue weighted by Crippen LogP contribution is 2.49. The maximum atomic E-state index is 11.3. The first kappa shape index (κ1) is 13.3. The molecule has 0 spiro atoms. The molecule has 0 amide bonds. The fourth-order valence-corrected chi connectivity index (χ4v) is 2.15. The highest BCUT2D eigenvalue weighted by atomic mass is 16.7. The Hall–Kier alpha value is -2.69. The first-order valence-electron chi connectivity index (χ1n) is 6.46. The molecule has 1 heterocycles. The summed E-state index contributed by atoms with van der Waals surface area (Å²) in [5.74, 6) is 1.71. The van der Waals surface area contributed by atoms with Crippen LogP contribution < -0.4 is 18.9 Å². The van der Waals surface area contributed by atoms with Crippen LogP contribution in [0.4, 0.5) is 0 Å². The van der Waals surface area contributed by atoms with Gasteiger partial charge >= 0.3 is 0 Å². The molecule has 5 nitrogen and oxygen atoms in total. The molecule has 0 N–H and O–H groups in total. The van der Waals surface area contributed by atoms with E-state index in [1.165, 1.54) is 7.11 Å². The van der Waals surface area contributed by atoms with Gasteiger partial charge < -0.3 is 18.9 Å². The van der Waals surface area contributed by atoms with E-state index >= 15 is 0 Å². The molecule has 0 unspecified atom stereocenters. The van der Waals surface area contributed by atoms with Crippen LogP contribution in [0, 0.1) is 0 Å². The van der Waals surface area contributed by atoms with Gasteiger partial charge in [0.25, 0.3) is 0 Å². The average molecular weight is 286 g/mol. The second-order valence-electron chi connectivity index (χ2n) is 4.45. The number of benzene rings is 2. The van der Waals surface area contributed by atoms with Gasteiger partial charge in [-0.15, -0.1) is 0 Å². The summed E-state index contributed by atoms with van der Waals surface area (Å²) < 4.78 is 21.7. The van der Waals surface area contributed by atoms with Gasteiger partial charge in [0, 0.05) is 0 Å². The van der Waals surface area contributed by atoms with Crippen LogP contribution in [-0.4, -0.2) is 20.2 Å². The highest BCUT2D eigenvalue weighted by Gasteiger charge is 2.27. The predicted octanol–water partition coefficient (Wildman–Crippen LogP) is 2.82. The van der Waals surface area contributed by atoms with Gasteiger partial charge in [0.1, 0.15) is 6.61 Å². The molecule has 0 atom stereocenters. The van der Waals surface area contributed by atoms with Crippen LogP contribution in [0.25, 0.3) is 0 Å². The van der Waals surface area contributed by atoms with Gasteiger partial charge in [0.2, 0.25) is 18.3 Å². The van der Waals surface area contributed by atoms with Crippen molar-refractivity contribution in [1.82, 2.24) is 0 Å². The molecule has 1 aliphatic rings. The van der Waals surface area contributed by atoms with Crippen molar-refractivity contribution < 1.29 is 23.7 Å². The van der Waals surface area contributed by atoms with Gasteiger partial charge in [-0.3, -0.25) is 4.79 Å². The summed E-state index contributed by atoms with van der Waals surface area (Å²) in [5.41, 5.74) is 1.37. The molecule has 108 valence electrons. The summed E-state index contributed by atoms with van der Waals surface area (Å²) in [6, 6.07) is 11.3. The van der Waals surface area contributed by atoms with Gasteiger partial charge in [0.15, 0.2) is 17.8 Å². The zero-order valence-corrected chi connectivity index (χ0v) is 11.5. The lowest BCUT2D eigenvalue weighted by atomic mass is 10.1. The molecule has 1 aliphatic heterocycles. The molecule has 0 aliphatic carbocycles. The van der Waals surface area contributed by atoms with Crippen molar-refractivity contribution in [2.45, 2.75) is 6.61 Å². The summed E-state index contributed by atoms with van der Waals surface area (Å²) in [5, 5.41) is 0. The van der Waals surface area contributed by atoms with E-state index in [0.717, 1.165) is 5.56 Å². The second-order valence-corrected chi connectivity index (χ2v) is 4.45. The summed E-state index contributed by atoms with van der Waals surface area (Å²) in [6.45, 7) is 0.416. The molecule has 0 fully saturated rings. The van der Waals surface area contributed by atoms with Gasteiger partial charge in [0.05, 0.1) is 12.7 Å². The Kier molecular flexibility index (Phi) is 3.64. The van der Waals surface area contributed by atoms with E-state index < -0.39 is 0 Å². The van der Waals surface area contributed by atoms with E-state index in [0.29, 0.717) is 41.5 Å². The third-order valence-corrected chi connectivity index (χ3v) is 3.16. The fourth-order valence-electron chi connectivity index (χ4n) is 2.15. The fraction of sp³-hybridized carbons (Fsp3) is 0.188. The smallest absolute Gasteiger partial charge is 0.231 e. The SMILES string of the molecule is COc1cc(C=O)c(OCc2ccccc2)c2c1OCO2. The zero-order chi connectivity index (χ0) is 14.7. The van der Waals surface area contributed by atoms with E-state index in [-0.39, 0.29) is 6.79 Å². The maximum absolute atomic E-state index is 11.3. The lowest BCUT2D eigenvalue weighted by molar-refractivity contribution is 0.111. The maximum Gasteiger partial charge on any atom is 0.231 e. The van der Waals surface area contributed by atoms with Crippen LogP contribution >= 0.6 is 0 Å². The van der Waals surface area contributed by atoms with E-state index in [9.17, 15) is 4.79 Å². The second kappa shape index (κ2) is 5.75. The third-order valence-electron chi connectivity index (χ3n) is 3.16. The third kappa shape index (κ3) is 2.50. The Morgan fingerprint density at radius 2 is 1.95 bits per heavy atom. The molecule has 0 aromatic heterocycles. The number of aldehydes is 1.